The molecular formula is C15H27N3. The van der Waals surface area contributed by atoms with Crippen LogP contribution in [0.25, 0.3) is 0 Å². The average Bonchev–Trinajstić information content (AvgIpc) is 2.86. The summed E-state index contributed by atoms with van der Waals surface area (Å²) in [6.07, 6.45) is 10.2. The Kier molecular flexibility index (Phi) is 5.24. The van der Waals surface area contributed by atoms with Crippen LogP contribution in [0.2, 0.25) is 0 Å². The van der Waals surface area contributed by atoms with Crippen LogP contribution in [-0.4, -0.2) is 15.8 Å². The Morgan fingerprint density at radius 1 is 1.28 bits per heavy atom. The van der Waals surface area contributed by atoms with Gasteiger partial charge in [-0.05, 0) is 44.6 Å². The van der Waals surface area contributed by atoms with Gasteiger partial charge in [-0.1, -0.05) is 19.8 Å². The van der Waals surface area contributed by atoms with Gasteiger partial charge in [0.2, 0.25) is 0 Å². The van der Waals surface area contributed by atoms with E-state index >= 15 is 0 Å². The van der Waals surface area contributed by atoms with Gasteiger partial charge in [0.25, 0.3) is 0 Å². The molecule has 3 nitrogen and oxygen atoms in total. The van der Waals surface area contributed by atoms with Gasteiger partial charge in [0, 0.05) is 25.3 Å². The van der Waals surface area contributed by atoms with E-state index in [4.69, 9.17) is 0 Å². The third-order valence-electron chi connectivity index (χ3n) is 4.22. The molecule has 18 heavy (non-hydrogen) atoms. The largest absolute Gasteiger partial charge is 0.308 e. The molecule has 0 aliphatic heterocycles. The van der Waals surface area contributed by atoms with E-state index in [9.17, 15) is 0 Å². The van der Waals surface area contributed by atoms with Crippen LogP contribution in [0.1, 0.15) is 58.1 Å². The van der Waals surface area contributed by atoms with Crippen LogP contribution < -0.4 is 5.32 Å². The lowest BCUT2D eigenvalue weighted by atomic mass is 9.83. The fourth-order valence-electron chi connectivity index (χ4n) is 3.11. The van der Waals surface area contributed by atoms with Gasteiger partial charge in [-0.15, -0.1) is 0 Å². The van der Waals surface area contributed by atoms with Crippen molar-refractivity contribution >= 4 is 0 Å². The van der Waals surface area contributed by atoms with E-state index in [1.165, 1.54) is 44.2 Å². The quantitative estimate of drug-likeness (QED) is 0.838. The van der Waals surface area contributed by atoms with Crippen LogP contribution in [0, 0.1) is 5.92 Å². The number of nitrogens with one attached hydrogen (secondary N) is 1. The highest BCUT2D eigenvalue weighted by Crippen LogP contribution is 2.27. The second-order valence-electron chi connectivity index (χ2n) is 5.53. The average molecular weight is 249 g/mol. The van der Waals surface area contributed by atoms with Gasteiger partial charge >= 0.3 is 0 Å². The highest BCUT2D eigenvalue weighted by atomic mass is 15.3. The Labute approximate surface area is 111 Å². The number of rotatable bonds is 6. The molecule has 102 valence electrons. The SMILES string of the molecule is CCCC1CCC(NCc2ccnn2CC)CC1. The zero-order chi connectivity index (χ0) is 12.8. The van der Waals surface area contributed by atoms with Crippen LogP contribution in [0.15, 0.2) is 12.3 Å². The highest BCUT2D eigenvalue weighted by molar-refractivity contribution is 5.00. The number of hydrogen-bond acceptors (Lipinski definition) is 2. The van der Waals surface area contributed by atoms with Crippen molar-refractivity contribution < 1.29 is 0 Å². The lowest BCUT2D eigenvalue weighted by Gasteiger charge is -2.29. The summed E-state index contributed by atoms with van der Waals surface area (Å²) in [5, 5.41) is 8.01. The van der Waals surface area contributed by atoms with E-state index in [-0.39, 0.29) is 0 Å². The Hall–Kier alpha value is -0.830. The van der Waals surface area contributed by atoms with Crippen molar-refractivity contribution in [3.8, 4) is 0 Å². The second-order valence-corrected chi connectivity index (χ2v) is 5.53. The minimum atomic E-state index is 0.721. The summed E-state index contributed by atoms with van der Waals surface area (Å²) in [6.45, 7) is 6.38. The molecule has 1 heterocycles. The number of nitrogens with zero attached hydrogens (tertiary/aromatic N) is 2. The van der Waals surface area contributed by atoms with Crippen molar-refractivity contribution in [3.05, 3.63) is 18.0 Å². The van der Waals surface area contributed by atoms with Crippen LogP contribution >= 0.6 is 0 Å². The first kappa shape index (κ1) is 13.6. The first-order chi connectivity index (χ1) is 8.83. The zero-order valence-electron chi connectivity index (χ0n) is 11.9. The Morgan fingerprint density at radius 2 is 2.06 bits per heavy atom. The molecule has 1 aliphatic carbocycles. The lowest BCUT2D eigenvalue weighted by Crippen LogP contribution is -2.33. The lowest BCUT2D eigenvalue weighted by molar-refractivity contribution is 0.276. The summed E-state index contributed by atoms with van der Waals surface area (Å²) in [7, 11) is 0. The van der Waals surface area contributed by atoms with E-state index in [0.29, 0.717) is 0 Å². The van der Waals surface area contributed by atoms with Crippen LogP contribution in [0.4, 0.5) is 0 Å². The van der Waals surface area contributed by atoms with E-state index in [2.05, 4.69) is 35.0 Å². The third-order valence-corrected chi connectivity index (χ3v) is 4.22. The van der Waals surface area contributed by atoms with Gasteiger partial charge in [0.15, 0.2) is 0 Å². The molecule has 0 unspecified atom stereocenters. The zero-order valence-corrected chi connectivity index (χ0v) is 11.9. The summed E-state index contributed by atoms with van der Waals surface area (Å²) in [4.78, 5) is 0. The molecule has 0 amide bonds. The Morgan fingerprint density at radius 3 is 2.72 bits per heavy atom. The molecule has 0 bridgehead atoms. The second kappa shape index (κ2) is 6.93. The standard InChI is InChI=1S/C15H27N3/c1-3-5-13-6-8-14(9-7-13)16-12-15-10-11-17-18(15)4-2/h10-11,13-14,16H,3-9,12H2,1-2H3. The normalized spacial score (nSPS) is 24.3. The first-order valence-electron chi connectivity index (χ1n) is 7.57. The van der Waals surface area contributed by atoms with E-state index < -0.39 is 0 Å². The molecule has 1 aliphatic rings. The van der Waals surface area contributed by atoms with Crippen molar-refractivity contribution in [1.82, 2.24) is 15.1 Å². The van der Waals surface area contributed by atoms with Crippen molar-refractivity contribution in [2.45, 2.75) is 71.5 Å². The summed E-state index contributed by atoms with van der Waals surface area (Å²) in [5.74, 6) is 0.995. The number of aromatic nitrogens is 2. The van der Waals surface area contributed by atoms with Gasteiger partial charge in [-0.2, -0.15) is 5.10 Å². The molecule has 1 aromatic rings. The molecule has 1 N–H and O–H groups in total. The highest BCUT2D eigenvalue weighted by Gasteiger charge is 2.20. The van der Waals surface area contributed by atoms with Gasteiger partial charge in [0.1, 0.15) is 0 Å². The van der Waals surface area contributed by atoms with Gasteiger partial charge < -0.3 is 5.32 Å². The molecule has 0 atom stereocenters. The monoisotopic (exact) mass is 249 g/mol. The minimum absolute atomic E-state index is 0.721. The Balaban J connectivity index is 1.72. The Bertz CT molecular complexity index is 337. The van der Waals surface area contributed by atoms with Gasteiger partial charge in [-0.25, -0.2) is 0 Å². The minimum Gasteiger partial charge on any atom is -0.308 e. The fourth-order valence-corrected chi connectivity index (χ4v) is 3.11. The smallest absolute Gasteiger partial charge is 0.0522 e. The van der Waals surface area contributed by atoms with Crippen LogP contribution in [0.3, 0.4) is 0 Å². The predicted molar refractivity (Wildman–Crippen MR) is 75.4 cm³/mol. The van der Waals surface area contributed by atoms with Crippen LogP contribution in [0.5, 0.6) is 0 Å². The van der Waals surface area contributed by atoms with E-state index in [1.807, 2.05) is 6.20 Å². The molecule has 1 fully saturated rings. The maximum atomic E-state index is 4.31. The van der Waals surface area contributed by atoms with Gasteiger partial charge in [0.05, 0.1) is 5.69 Å². The molecular weight excluding hydrogens is 222 g/mol. The summed E-state index contributed by atoms with van der Waals surface area (Å²) >= 11 is 0. The molecule has 0 radical (unpaired) electrons. The first-order valence-corrected chi connectivity index (χ1v) is 7.57. The topological polar surface area (TPSA) is 29.9 Å². The molecule has 0 aromatic carbocycles. The van der Waals surface area contributed by atoms with Crippen LogP contribution in [-0.2, 0) is 13.1 Å². The van der Waals surface area contributed by atoms with Gasteiger partial charge in [-0.3, -0.25) is 4.68 Å². The number of hydrogen-bond donors (Lipinski definition) is 1. The fraction of sp³-hybridized carbons (Fsp3) is 0.800. The molecule has 2 rings (SSSR count). The maximum absolute atomic E-state index is 4.31. The third kappa shape index (κ3) is 3.58. The van der Waals surface area contributed by atoms with E-state index in [1.54, 1.807) is 0 Å². The number of aryl methyl sites for hydroxylation is 1. The summed E-state index contributed by atoms with van der Waals surface area (Å²) in [5.41, 5.74) is 1.31. The van der Waals surface area contributed by atoms with Crippen molar-refractivity contribution in [1.29, 1.82) is 0 Å². The summed E-state index contributed by atoms with van der Waals surface area (Å²) in [6, 6.07) is 2.84. The van der Waals surface area contributed by atoms with Crippen molar-refractivity contribution in [3.63, 3.8) is 0 Å². The van der Waals surface area contributed by atoms with Crippen molar-refractivity contribution in [2.24, 2.45) is 5.92 Å². The molecule has 1 saturated carbocycles. The van der Waals surface area contributed by atoms with E-state index in [0.717, 1.165) is 25.0 Å². The molecule has 1 aromatic heterocycles. The summed E-state index contributed by atoms with van der Waals surface area (Å²) < 4.78 is 2.08. The molecule has 0 saturated heterocycles. The molecule has 0 spiro atoms. The molecule has 3 heteroatoms. The maximum Gasteiger partial charge on any atom is 0.0522 e. The van der Waals surface area contributed by atoms with Crippen molar-refractivity contribution in [2.75, 3.05) is 0 Å². The predicted octanol–water partition coefficient (Wildman–Crippen LogP) is 3.35.